The van der Waals surface area contributed by atoms with E-state index in [0.717, 1.165) is 27.4 Å². The maximum atomic E-state index is 10.7. The average Bonchev–Trinajstić information content (AvgIpc) is 3.22. The Morgan fingerprint density at radius 2 is 1.77 bits per heavy atom. The summed E-state index contributed by atoms with van der Waals surface area (Å²) in [7, 11) is 0. The van der Waals surface area contributed by atoms with Crippen molar-refractivity contribution in [1.82, 2.24) is 9.88 Å². The smallest absolute Gasteiger partial charge is 0.135 e. The maximum Gasteiger partial charge on any atom is 0.135 e. The van der Waals surface area contributed by atoms with Crippen LogP contribution in [0.25, 0.3) is 16.8 Å². The van der Waals surface area contributed by atoms with Gasteiger partial charge in [0.15, 0.2) is 0 Å². The van der Waals surface area contributed by atoms with Crippen molar-refractivity contribution < 1.29 is 9.84 Å². The van der Waals surface area contributed by atoms with E-state index in [0.29, 0.717) is 17.1 Å². The van der Waals surface area contributed by atoms with Crippen LogP contribution < -0.4 is 4.74 Å². The Kier molecular flexibility index (Phi) is 5.58. The van der Waals surface area contributed by atoms with Gasteiger partial charge in [-0.3, -0.25) is 5.41 Å². The molecule has 0 bridgehead atoms. The number of para-hydroxylation sites is 1. The van der Waals surface area contributed by atoms with Crippen molar-refractivity contribution in [2.45, 2.75) is 39.8 Å². The van der Waals surface area contributed by atoms with Crippen molar-refractivity contribution in [3.8, 4) is 17.0 Å². The van der Waals surface area contributed by atoms with Gasteiger partial charge in [0.25, 0.3) is 0 Å². The number of hydrogen-bond donors (Lipinski definition) is 2. The van der Waals surface area contributed by atoms with Gasteiger partial charge in [-0.25, -0.2) is 4.98 Å². The van der Waals surface area contributed by atoms with Crippen LogP contribution in [0.3, 0.4) is 0 Å². The number of ether oxygens (including phenoxy) is 1. The summed E-state index contributed by atoms with van der Waals surface area (Å²) in [6.45, 7) is 8.84. The Morgan fingerprint density at radius 3 is 2.48 bits per heavy atom. The van der Waals surface area contributed by atoms with Gasteiger partial charge in [0.05, 0.1) is 17.8 Å². The Labute approximate surface area is 187 Å². The van der Waals surface area contributed by atoms with Gasteiger partial charge in [0.1, 0.15) is 28.0 Å². The molecular weight excluding hydrogens is 406 g/mol. The zero-order valence-electron chi connectivity index (χ0n) is 18.3. The molecule has 4 rings (SSSR count). The first-order valence-corrected chi connectivity index (χ1v) is 11.1. The minimum Gasteiger partial charge on any atom is -0.510 e. The molecule has 5 nitrogen and oxygen atoms in total. The lowest BCUT2D eigenvalue weighted by atomic mass is 10.1. The molecule has 1 aliphatic heterocycles. The predicted octanol–water partition coefficient (Wildman–Crippen LogP) is 6.06. The highest BCUT2D eigenvalue weighted by atomic mass is 32.1. The van der Waals surface area contributed by atoms with Crippen molar-refractivity contribution >= 4 is 22.7 Å². The van der Waals surface area contributed by atoms with Crippen molar-refractivity contribution in [3.05, 3.63) is 75.8 Å². The highest BCUT2D eigenvalue weighted by Crippen LogP contribution is 2.36. The summed E-state index contributed by atoms with van der Waals surface area (Å²) in [5.74, 6) is 1.27. The largest absolute Gasteiger partial charge is 0.510 e. The van der Waals surface area contributed by atoms with Gasteiger partial charge in [-0.15, -0.1) is 11.3 Å². The number of nitrogens with one attached hydrogen (secondary N) is 1. The monoisotopic (exact) mass is 433 g/mol. The van der Waals surface area contributed by atoms with Gasteiger partial charge >= 0.3 is 0 Å². The van der Waals surface area contributed by atoms with E-state index in [1.165, 1.54) is 11.3 Å². The zero-order chi connectivity index (χ0) is 22.2. The molecule has 0 unspecified atom stereocenters. The molecular formula is C25H27N3O2S. The van der Waals surface area contributed by atoms with E-state index >= 15 is 0 Å². The highest BCUT2D eigenvalue weighted by Gasteiger charge is 2.31. The third-order valence-corrected chi connectivity index (χ3v) is 5.98. The molecule has 2 N–H and O–H groups in total. The van der Waals surface area contributed by atoms with E-state index in [4.69, 9.17) is 15.1 Å². The lowest BCUT2D eigenvalue weighted by Crippen LogP contribution is -2.28. The van der Waals surface area contributed by atoms with Crippen LogP contribution in [0.4, 0.5) is 0 Å². The number of aliphatic hydroxyl groups is 1. The lowest BCUT2D eigenvalue weighted by Gasteiger charge is -2.25. The number of nitrogens with zero attached hydrogens (tertiary/aromatic N) is 2. The minimum atomic E-state index is -0.313. The van der Waals surface area contributed by atoms with Crippen LogP contribution in [0.15, 0.2) is 60.4 Å². The van der Waals surface area contributed by atoms with Gasteiger partial charge in [0.2, 0.25) is 0 Å². The molecule has 3 aromatic rings. The van der Waals surface area contributed by atoms with E-state index in [1.54, 1.807) is 0 Å². The second-order valence-electron chi connectivity index (χ2n) is 8.64. The number of benzene rings is 2. The number of aliphatic hydroxyl groups excluding tert-OH is 1. The number of aryl methyl sites for hydroxylation is 1. The summed E-state index contributed by atoms with van der Waals surface area (Å²) in [6.07, 6.45) is 0. The molecule has 0 saturated heterocycles. The molecule has 0 radical (unpaired) electrons. The fourth-order valence-electron chi connectivity index (χ4n) is 3.63. The van der Waals surface area contributed by atoms with E-state index in [2.05, 4.69) is 0 Å². The number of rotatable bonds is 5. The normalized spacial score (nSPS) is 14.5. The molecule has 31 heavy (non-hydrogen) atoms. The predicted molar refractivity (Wildman–Crippen MR) is 127 cm³/mol. The number of amidine groups is 1. The van der Waals surface area contributed by atoms with Crippen LogP contribution >= 0.6 is 11.3 Å². The van der Waals surface area contributed by atoms with Gasteiger partial charge in [-0.1, -0.05) is 48.5 Å². The number of aromatic nitrogens is 1. The van der Waals surface area contributed by atoms with Crippen LogP contribution in [0.1, 0.15) is 36.2 Å². The molecule has 0 amide bonds. The van der Waals surface area contributed by atoms with Crippen LogP contribution in [-0.4, -0.2) is 33.0 Å². The highest BCUT2D eigenvalue weighted by molar-refractivity contribution is 7.13. The quantitative estimate of drug-likeness (QED) is 0.513. The van der Waals surface area contributed by atoms with Crippen LogP contribution in [0.5, 0.6) is 5.75 Å². The van der Waals surface area contributed by atoms with Gasteiger partial charge < -0.3 is 14.7 Å². The molecule has 6 heteroatoms. The van der Waals surface area contributed by atoms with Crippen molar-refractivity contribution in [3.63, 3.8) is 0 Å². The molecule has 1 aliphatic rings. The third kappa shape index (κ3) is 4.49. The second-order valence-corrected chi connectivity index (χ2v) is 9.84. The van der Waals surface area contributed by atoms with Crippen molar-refractivity contribution in [2.24, 2.45) is 0 Å². The second kappa shape index (κ2) is 8.19. The Hall–Kier alpha value is -3.12. The average molecular weight is 434 g/mol. The molecule has 0 atom stereocenters. The van der Waals surface area contributed by atoms with Crippen LogP contribution in [0.2, 0.25) is 0 Å². The maximum absolute atomic E-state index is 10.7. The fourth-order valence-corrected chi connectivity index (χ4v) is 4.63. The molecule has 2 heterocycles. The first-order chi connectivity index (χ1) is 14.7. The Balaban J connectivity index is 1.58. The summed E-state index contributed by atoms with van der Waals surface area (Å²) in [5.41, 5.74) is 3.13. The van der Waals surface area contributed by atoms with Crippen molar-refractivity contribution in [1.29, 1.82) is 5.41 Å². The molecule has 0 aliphatic carbocycles. The van der Waals surface area contributed by atoms with Gasteiger partial charge in [-0.05, 0) is 33.8 Å². The van der Waals surface area contributed by atoms with Crippen LogP contribution in [-0.2, 0) is 6.54 Å². The zero-order valence-corrected chi connectivity index (χ0v) is 19.1. The first-order valence-electron chi connectivity index (χ1n) is 10.3. The Bertz CT molecular complexity index is 1140. The Morgan fingerprint density at radius 1 is 1.10 bits per heavy atom. The molecule has 0 fully saturated rings. The molecule has 2 aromatic carbocycles. The van der Waals surface area contributed by atoms with E-state index in [-0.39, 0.29) is 23.7 Å². The van der Waals surface area contributed by atoms with Crippen LogP contribution in [0, 0.1) is 12.3 Å². The third-order valence-electron chi connectivity index (χ3n) is 4.99. The molecule has 1 aromatic heterocycles. The number of thiazole rings is 1. The van der Waals surface area contributed by atoms with E-state index in [1.807, 2.05) is 87.2 Å². The summed E-state index contributed by atoms with van der Waals surface area (Å²) < 4.78 is 6.10. The summed E-state index contributed by atoms with van der Waals surface area (Å²) in [4.78, 5) is 7.70. The van der Waals surface area contributed by atoms with Gasteiger partial charge in [-0.2, -0.15) is 0 Å². The molecule has 0 saturated carbocycles. The summed E-state index contributed by atoms with van der Waals surface area (Å²) in [5, 5.41) is 20.2. The first kappa shape index (κ1) is 21.1. The lowest BCUT2D eigenvalue weighted by molar-refractivity contribution is 0.128. The minimum absolute atomic E-state index is 0.188. The topological polar surface area (TPSA) is 69.4 Å². The molecule has 0 spiro atoms. The van der Waals surface area contributed by atoms with Gasteiger partial charge in [0, 0.05) is 22.5 Å². The summed E-state index contributed by atoms with van der Waals surface area (Å²) in [6, 6.07) is 17.9. The van der Waals surface area contributed by atoms with Crippen molar-refractivity contribution in [2.75, 3.05) is 6.54 Å². The summed E-state index contributed by atoms with van der Waals surface area (Å²) >= 11 is 1.51. The SMILES string of the molecule is Cc1sc(C2=C(O)CN(Cc3ccccc3OC(C)(C)C)C2=N)nc1-c1ccccc1. The number of hydrogen-bond acceptors (Lipinski definition) is 5. The van der Waals surface area contributed by atoms with E-state index in [9.17, 15) is 5.11 Å². The standard InChI is InChI=1S/C25H27N3O2S/c1-16-22(17-10-6-5-7-11-17)27-24(31-16)21-19(29)15-28(23(21)26)14-18-12-8-9-13-20(18)30-25(2,3)4/h5-13,26,29H,14-15H2,1-4H3. The fraction of sp³-hybridized carbons (Fsp3) is 0.280. The molecule has 160 valence electrons. The van der Waals surface area contributed by atoms with E-state index < -0.39 is 0 Å².